The second kappa shape index (κ2) is 7.07. The van der Waals surface area contributed by atoms with Crippen molar-refractivity contribution in [3.05, 3.63) is 59.4 Å². The summed E-state index contributed by atoms with van der Waals surface area (Å²) in [6.07, 6.45) is 0.843. The van der Waals surface area contributed by atoms with Crippen molar-refractivity contribution in [3.8, 4) is 0 Å². The zero-order chi connectivity index (χ0) is 18.8. The van der Waals surface area contributed by atoms with Crippen molar-refractivity contribution in [3.63, 3.8) is 0 Å². The number of carbonyl (C=O) groups is 2. The van der Waals surface area contributed by atoms with Crippen LogP contribution in [0.2, 0.25) is 0 Å². The summed E-state index contributed by atoms with van der Waals surface area (Å²) in [6, 6.07) is 7.88. The van der Waals surface area contributed by atoms with Crippen LogP contribution in [-0.4, -0.2) is 11.8 Å². The summed E-state index contributed by atoms with van der Waals surface area (Å²) < 4.78 is 39.6. The van der Waals surface area contributed by atoms with Gasteiger partial charge in [0.25, 0.3) is 5.91 Å². The van der Waals surface area contributed by atoms with E-state index in [1.165, 1.54) is 12.1 Å². The zero-order valence-corrected chi connectivity index (χ0v) is 13.8. The van der Waals surface area contributed by atoms with Gasteiger partial charge >= 0.3 is 0 Å². The van der Waals surface area contributed by atoms with Gasteiger partial charge in [-0.3, -0.25) is 20.4 Å². The van der Waals surface area contributed by atoms with Crippen molar-refractivity contribution in [2.75, 3.05) is 10.7 Å². The van der Waals surface area contributed by atoms with Crippen LogP contribution in [0.25, 0.3) is 0 Å². The van der Waals surface area contributed by atoms with Crippen LogP contribution in [0.5, 0.6) is 0 Å². The van der Waals surface area contributed by atoms with Gasteiger partial charge in [0.2, 0.25) is 5.91 Å². The van der Waals surface area contributed by atoms with Crippen LogP contribution in [0.4, 0.5) is 24.5 Å². The average Bonchev–Trinajstić information content (AvgIpc) is 3.36. The maximum absolute atomic E-state index is 13.6. The molecule has 0 saturated heterocycles. The molecule has 0 spiro atoms. The summed E-state index contributed by atoms with van der Waals surface area (Å²) in [5, 5.41) is 2.74. The molecule has 8 heteroatoms. The Bertz CT molecular complexity index is 873. The van der Waals surface area contributed by atoms with Crippen molar-refractivity contribution < 1.29 is 22.8 Å². The predicted molar refractivity (Wildman–Crippen MR) is 89.7 cm³/mol. The molecule has 3 rings (SSSR count). The number of nitrogens with one attached hydrogen (secondary N) is 3. The monoisotopic (exact) mass is 363 g/mol. The molecule has 2 unspecified atom stereocenters. The summed E-state index contributed by atoms with van der Waals surface area (Å²) in [4.78, 5) is 24.1. The number of carbonyl (C=O) groups excluding carboxylic acids is 2. The van der Waals surface area contributed by atoms with Crippen LogP contribution >= 0.6 is 0 Å². The summed E-state index contributed by atoms with van der Waals surface area (Å²) in [7, 11) is 0. The molecule has 136 valence electrons. The SMILES string of the molecule is CC1CC1C(=O)Nc1cccc(C(=O)NNc2ccc(F)c(F)c2F)c1. The fourth-order valence-electron chi connectivity index (χ4n) is 2.48. The second-order valence-electron chi connectivity index (χ2n) is 6.19. The maximum Gasteiger partial charge on any atom is 0.269 e. The number of anilines is 2. The van der Waals surface area contributed by atoms with E-state index in [0.717, 1.165) is 18.6 Å². The highest BCUT2D eigenvalue weighted by Gasteiger charge is 2.39. The van der Waals surface area contributed by atoms with Gasteiger partial charge in [0.1, 0.15) is 0 Å². The first-order chi connectivity index (χ1) is 12.4. The Hall–Kier alpha value is -3.03. The number of hydrogen-bond donors (Lipinski definition) is 3. The largest absolute Gasteiger partial charge is 0.326 e. The molecule has 1 aliphatic carbocycles. The lowest BCUT2D eigenvalue weighted by molar-refractivity contribution is -0.117. The van der Waals surface area contributed by atoms with Crippen molar-refractivity contribution >= 4 is 23.2 Å². The Morgan fingerprint density at radius 1 is 1.08 bits per heavy atom. The van der Waals surface area contributed by atoms with Gasteiger partial charge in [0, 0.05) is 17.2 Å². The van der Waals surface area contributed by atoms with E-state index in [-0.39, 0.29) is 17.4 Å². The number of hydrazine groups is 1. The van der Waals surface area contributed by atoms with Gasteiger partial charge in [-0.15, -0.1) is 0 Å². The molecule has 1 fully saturated rings. The minimum Gasteiger partial charge on any atom is -0.326 e. The summed E-state index contributed by atoms with van der Waals surface area (Å²) in [5.74, 6) is -4.79. The van der Waals surface area contributed by atoms with Gasteiger partial charge in [-0.1, -0.05) is 13.0 Å². The van der Waals surface area contributed by atoms with Crippen molar-refractivity contribution in [1.29, 1.82) is 0 Å². The molecule has 26 heavy (non-hydrogen) atoms. The topological polar surface area (TPSA) is 70.2 Å². The Morgan fingerprint density at radius 3 is 2.50 bits per heavy atom. The third-order valence-electron chi connectivity index (χ3n) is 4.18. The van der Waals surface area contributed by atoms with Crippen molar-refractivity contribution in [2.45, 2.75) is 13.3 Å². The lowest BCUT2D eigenvalue weighted by atomic mass is 10.2. The van der Waals surface area contributed by atoms with Crippen molar-refractivity contribution in [1.82, 2.24) is 5.43 Å². The number of amides is 2. The molecule has 2 aromatic rings. The van der Waals surface area contributed by atoms with Crippen LogP contribution in [0.3, 0.4) is 0 Å². The minimum atomic E-state index is -1.64. The lowest BCUT2D eigenvalue weighted by Crippen LogP contribution is -2.30. The van der Waals surface area contributed by atoms with E-state index in [0.29, 0.717) is 11.6 Å². The van der Waals surface area contributed by atoms with Gasteiger partial charge in [-0.2, -0.15) is 0 Å². The first kappa shape index (κ1) is 17.8. The molecular formula is C18H16F3N3O2. The number of halogens is 3. The number of rotatable bonds is 5. The Morgan fingerprint density at radius 2 is 1.81 bits per heavy atom. The molecule has 0 radical (unpaired) electrons. The molecule has 2 atom stereocenters. The molecule has 0 aliphatic heterocycles. The summed E-state index contributed by atoms with van der Waals surface area (Å²) >= 11 is 0. The Labute approximate surface area is 147 Å². The molecule has 1 aliphatic rings. The van der Waals surface area contributed by atoms with Crippen LogP contribution < -0.4 is 16.2 Å². The van der Waals surface area contributed by atoms with Gasteiger partial charge < -0.3 is 5.32 Å². The fourth-order valence-corrected chi connectivity index (χ4v) is 2.48. The number of hydrogen-bond acceptors (Lipinski definition) is 3. The van der Waals surface area contributed by atoms with Crippen LogP contribution in [0.15, 0.2) is 36.4 Å². The van der Waals surface area contributed by atoms with Gasteiger partial charge in [-0.05, 0) is 42.7 Å². The normalized spacial score (nSPS) is 18.2. The first-order valence-corrected chi connectivity index (χ1v) is 7.97. The standard InChI is InChI=1S/C18H16F3N3O2/c1-9-7-12(9)18(26)22-11-4-2-3-10(8-11)17(25)24-23-14-6-5-13(19)15(20)16(14)21/h2-6,8-9,12,23H,7H2,1H3,(H,22,26)(H,24,25). The Kier molecular flexibility index (Phi) is 4.83. The van der Waals surface area contributed by atoms with E-state index in [1.807, 2.05) is 6.92 Å². The molecule has 0 aromatic heterocycles. The quantitative estimate of drug-likeness (QED) is 0.563. The van der Waals surface area contributed by atoms with E-state index in [1.54, 1.807) is 12.1 Å². The first-order valence-electron chi connectivity index (χ1n) is 7.97. The Balaban J connectivity index is 1.64. The van der Waals surface area contributed by atoms with E-state index < -0.39 is 29.0 Å². The molecule has 5 nitrogen and oxygen atoms in total. The average molecular weight is 363 g/mol. The van der Waals surface area contributed by atoms with Gasteiger partial charge in [-0.25, -0.2) is 13.2 Å². The highest BCUT2D eigenvalue weighted by atomic mass is 19.2. The smallest absolute Gasteiger partial charge is 0.269 e. The highest BCUT2D eigenvalue weighted by molar-refractivity contribution is 5.98. The molecule has 3 N–H and O–H groups in total. The molecule has 2 aromatic carbocycles. The molecule has 2 amide bonds. The fraction of sp³-hybridized carbons (Fsp3) is 0.222. The second-order valence-corrected chi connectivity index (χ2v) is 6.19. The number of benzene rings is 2. The molecule has 0 bridgehead atoms. The van der Waals surface area contributed by atoms with Gasteiger partial charge in [0.05, 0.1) is 5.69 Å². The summed E-state index contributed by atoms with van der Waals surface area (Å²) in [5.41, 5.74) is 4.64. The maximum atomic E-state index is 13.6. The molecular weight excluding hydrogens is 347 g/mol. The van der Waals surface area contributed by atoms with Crippen molar-refractivity contribution in [2.24, 2.45) is 11.8 Å². The third-order valence-corrected chi connectivity index (χ3v) is 4.18. The lowest BCUT2D eigenvalue weighted by Gasteiger charge is -2.11. The highest BCUT2D eigenvalue weighted by Crippen LogP contribution is 2.38. The zero-order valence-electron chi connectivity index (χ0n) is 13.8. The molecule has 0 heterocycles. The van der Waals surface area contributed by atoms with E-state index in [2.05, 4.69) is 16.2 Å². The van der Waals surface area contributed by atoms with E-state index in [9.17, 15) is 22.8 Å². The third kappa shape index (κ3) is 3.79. The van der Waals surface area contributed by atoms with E-state index >= 15 is 0 Å². The van der Waals surface area contributed by atoms with E-state index in [4.69, 9.17) is 0 Å². The van der Waals surface area contributed by atoms with Crippen LogP contribution in [0, 0.1) is 29.3 Å². The van der Waals surface area contributed by atoms with Crippen LogP contribution in [-0.2, 0) is 4.79 Å². The molecule has 1 saturated carbocycles. The van der Waals surface area contributed by atoms with Crippen LogP contribution in [0.1, 0.15) is 23.7 Å². The minimum absolute atomic E-state index is 0.00880. The summed E-state index contributed by atoms with van der Waals surface area (Å²) in [6.45, 7) is 1.98. The van der Waals surface area contributed by atoms with Gasteiger partial charge in [0.15, 0.2) is 17.5 Å². The predicted octanol–water partition coefficient (Wildman–Crippen LogP) is 3.46.